The lowest BCUT2D eigenvalue weighted by Gasteiger charge is -2.11. The third-order valence-corrected chi connectivity index (χ3v) is 5.34. The summed E-state index contributed by atoms with van der Waals surface area (Å²) in [5.74, 6) is -0.344. The van der Waals surface area contributed by atoms with Crippen LogP contribution in [0.25, 0.3) is 10.9 Å². The molecule has 0 saturated heterocycles. The van der Waals surface area contributed by atoms with Crippen molar-refractivity contribution in [3.8, 4) is 5.75 Å². The van der Waals surface area contributed by atoms with Crippen LogP contribution in [0.15, 0.2) is 60.1 Å². The Morgan fingerprint density at radius 3 is 2.73 bits per heavy atom. The van der Waals surface area contributed by atoms with Crippen LogP contribution in [-0.4, -0.2) is 21.8 Å². The average molecular weight is 420 g/mol. The lowest BCUT2D eigenvalue weighted by atomic mass is 10.1. The molecule has 4 rings (SSSR count). The lowest BCUT2D eigenvalue weighted by molar-refractivity contribution is -0.121. The van der Waals surface area contributed by atoms with Crippen molar-refractivity contribution in [2.75, 3.05) is 0 Å². The molecule has 7 nitrogen and oxygen atoms in total. The molecule has 8 heteroatoms. The van der Waals surface area contributed by atoms with E-state index in [9.17, 15) is 9.59 Å². The van der Waals surface area contributed by atoms with Crippen molar-refractivity contribution in [2.24, 2.45) is 0 Å². The number of H-pyrrole nitrogens is 1. The van der Waals surface area contributed by atoms with Gasteiger partial charge < -0.3 is 9.72 Å². The van der Waals surface area contributed by atoms with Crippen LogP contribution in [0.4, 0.5) is 0 Å². The number of hydrogen-bond acceptors (Lipinski definition) is 5. The van der Waals surface area contributed by atoms with Gasteiger partial charge in [0.2, 0.25) is 5.91 Å². The Morgan fingerprint density at radius 1 is 1.10 bits per heavy atom. The molecule has 3 N–H and O–H groups in total. The maximum absolute atomic E-state index is 12.6. The number of ether oxygens (including phenoxy) is 1. The molecule has 0 bridgehead atoms. The third kappa shape index (κ3) is 4.49. The number of aromatic nitrogens is 2. The van der Waals surface area contributed by atoms with Gasteiger partial charge in [0, 0.05) is 22.5 Å². The maximum Gasteiger partial charge on any atom is 0.273 e. The molecule has 4 aromatic rings. The van der Waals surface area contributed by atoms with Crippen molar-refractivity contribution in [1.29, 1.82) is 0 Å². The van der Waals surface area contributed by atoms with E-state index in [2.05, 4.69) is 20.8 Å². The summed E-state index contributed by atoms with van der Waals surface area (Å²) in [6.45, 7) is 2.19. The number of hydrogen-bond donors (Lipinski definition) is 3. The van der Waals surface area contributed by atoms with Crippen LogP contribution < -0.4 is 15.6 Å². The molecule has 0 aliphatic heterocycles. The fraction of sp³-hybridized carbons (Fsp3) is 0.136. The number of para-hydroxylation sites is 2. The molecule has 30 heavy (non-hydrogen) atoms. The maximum atomic E-state index is 12.6. The zero-order chi connectivity index (χ0) is 20.9. The van der Waals surface area contributed by atoms with Crippen LogP contribution in [0.1, 0.15) is 26.6 Å². The number of rotatable bonds is 6. The normalized spacial score (nSPS) is 10.7. The van der Waals surface area contributed by atoms with Gasteiger partial charge in [-0.1, -0.05) is 30.3 Å². The molecule has 0 aliphatic rings. The number of carbonyl (C=O) groups excluding carboxylic acids is 2. The molecule has 0 unspecified atom stereocenters. The summed E-state index contributed by atoms with van der Waals surface area (Å²) in [4.78, 5) is 32.4. The van der Waals surface area contributed by atoms with Crippen LogP contribution in [0.2, 0.25) is 0 Å². The summed E-state index contributed by atoms with van der Waals surface area (Å²) >= 11 is 1.54. The van der Waals surface area contributed by atoms with Crippen LogP contribution in [0.3, 0.4) is 0 Å². The molecule has 2 heterocycles. The Morgan fingerprint density at radius 2 is 1.90 bits per heavy atom. The van der Waals surface area contributed by atoms with E-state index in [0.29, 0.717) is 11.3 Å². The molecule has 2 aromatic carbocycles. The Hall–Kier alpha value is -3.65. The SMILES string of the molecule is Cc1nc(COc2ccccc2C(=O)NNC(=O)Cc2c[nH]c3ccccc23)cs1. The first-order valence-corrected chi connectivity index (χ1v) is 10.2. The van der Waals surface area contributed by atoms with Gasteiger partial charge in [-0.2, -0.15) is 0 Å². The highest BCUT2D eigenvalue weighted by Crippen LogP contribution is 2.20. The summed E-state index contributed by atoms with van der Waals surface area (Å²) in [6.07, 6.45) is 1.95. The average Bonchev–Trinajstić information content (AvgIpc) is 3.37. The second kappa shape index (κ2) is 8.79. The molecule has 0 aliphatic carbocycles. The molecule has 0 fully saturated rings. The fourth-order valence-corrected chi connectivity index (χ4v) is 3.69. The summed E-state index contributed by atoms with van der Waals surface area (Å²) in [5, 5.41) is 3.86. The van der Waals surface area contributed by atoms with Crippen molar-refractivity contribution >= 4 is 34.1 Å². The molecular formula is C22H20N4O3S. The first-order valence-electron chi connectivity index (χ1n) is 9.37. The van der Waals surface area contributed by atoms with E-state index in [0.717, 1.165) is 27.2 Å². The highest BCUT2D eigenvalue weighted by atomic mass is 32.1. The zero-order valence-electron chi connectivity index (χ0n) is 16.3. The van der Waals surface area contributed by atoms with Gasteiger partial charge in [-0.3, -0.25) is 20.4 Å². The van der Waals surface area contributed by atoms with Gasteiger partial charge in [0.25, 0.3) is 5.91 Å². The number of amides is 2. The summed E-state index contributed by atoms with van der Waals surface area (Å²) < 4.78 is 5.76. The lowest BCUT2D eigenvalue weighted by Crippen LogP contribution is -2.42. The van der Waals surface area contributed by atoms with Gasteiger partial charge in [-0.25, -0.2) is 4.98 Å². The Labute approximate surface area is 177 Å². The minimum absolute atomic E-state index is 0.144. The molecular weight excluding hydrogens is 400 g/mol. The Bertz CT molecular complexity index is 1200. The van der Waals surface area contributed by atoms with E-state index in [1.54, 1.807) is 41.8 Å². The van der Waals surface area contributed by atoms with Gasteiger partial charge in [-0.15, -0.1) is 11.3 Å². The number of benzene rings is 2. The van der Waals surface area contributed by atoms with Crippen molar-refractivity contribution in [2.45, 2.75) is 20.0 Å². The summed E-state index contributed by atoms with van der Waals surface area (Å²) in [5.41, 5.74) is 7.89. The highest BCUT2D eigenvalue weighted by Gasteiger charge is 2.14. The van der Waals surface area contributed by atoms with Crippen LogP contribution in [0.5, 0.6) is 5.75 Å². The van der Waals surface area contributed by atoms with Crippen molar-refractivity contribution in [1.82, 2.24) is 20.8 Å². The van der Waals surface area contributed by atoms with E-state index in [4.69, 9.17) is 4.74 Å². The Balaban J connectivity index is 1.36. The topological polar surface area (TPSA) is 96.1 Å². The first kappa shape index (κ1) is 19.7. The summed E-state index contributed by atoms with van der Waals surface area (Å²) in [7, 11) is 0. The minimum Gasteiger partial charge on any atom is -0.486 e. The number of carbonyl (C=O) groups is 2. The van der Waals surface area contributed by atoms with Crippen LogP contribution in [-0.2, 0) is 17.8 Å². The number of thiazole rings is 1. The molecule has 152 valence electrons. The summed E-state index contributed by atoms with van der Waals surface area (Å²) in [6, 6.07) is 14.6. The van der Waals surface area contributed by atoms with Gasteiger partial charge in [0.15, 0.2) is 0 Å². The van der Waals surface area contributed by atoms with E-state index in [1.165, 1.54) is 0 Å². The second-order valence-corrected chi connectivity index (χ2v) is 7.74. The predicted molar refractivity (Wildman–Crippen MR) is 115 cm³/mol. The number of hydrazine groups is 1. The standard InChI is InChI=1S/C22H20N4O3S/c1-14-24-16(13-30-14)12-29-20-9-5-3-7-18(20)22(28)26-25-21(27)10-15-11-23-19-8-4-2-6-17(15)19/h2-9,11,13,23H,10,12H2,1H3,(H,25,27)(H,26,28). The van der Waals surface area contributed by atoms with E-state index < -0.39 is 5.91 Å². The molecule has 2 amide bonds. The van der Waals surface area contributed by atoms with Gasteiger partial charge in [0.1, 0.15) is 12.4 Å². The quantitative estimate of drug-likeness (QED) is 0.416. The number of nitrogens with zero attached hydrogens (tertiary/aromatic N) is 1. The minimum atomic E-state index is -0.452. The van der Waals surface area contributed by atoms with Crippen LogP contribution in [0, 0.1) is 6.92 Å². The number of aryl methyl sites for hydroxylation is 1. The van der Waals surface area contributed by atoms with Crippen molar-refractivity contribution < 1.29 is 14.3 Å². The zero-order valence-corrected chi connectivity index (χ0v) is 17.1. The Kier molecular flexibility index (Phi) is 5.76. The van der Waals surface area contributed by atoms with Gasteiger partial charge >= 0.3 is 0 Å². The molecule has 0 atom stereocenters. The van der Waals surface area contributed by atoms with Crippen molar-refractivity contribution in [3.63, 3.8) is 0 Å². The molecule has 0 saturated carbocycles. The van der Waals surface area contributed by atoms with Gasteiger partial charge in [-0.05, 0) is 30.7 Å². The van der Waals surface area contributed by atoms with Crippen molar-refractivity contribution in [3.05, 3.63) is 81.9 Å². The molecule has 0 spiro atoms. The van der Waals surface area contributed by atoms with E-state index >= 15 is 0 Å². The van der Waals surface area contributed by atoms with E-state index in [1.807, 2.05) is 36.6 Å². The third-order valence-electron chi connectivity index (χ3n) is 4.52. The van der Waals surface area contributed by atoms with Crippen LogP contribution >= 0.6 is 11.3 Å². The smallest absolute Gasteiger partial charge is 0.273 e. The largest absolute Gasteiger partial charge is 0.486 e. The number of nitrogens with one attached hydrogen (secondary N) is 3. The highest BCUT2D eigenvalue weighted by molar-refractivity contribution is 7.09. The first-order chi connectivity index (χ1) is 14.6. The van der Waals surface area contributed by atoms with Gasteiger partial charge in [0.05, 0.1) is 22.7 Å². The number of aromatic amines is 1. The number of fused-ring (bicyclic) bond motifs is 1. The second-order valence-electron chi connectivity index (χ2n) is 6.68. The molecule has 0 radical (unpaired) electrons. The monoisotopic (exact) mass is 420 g/mol. The van der Waals surface area contributed by atoms with E-state index in [-0.39, 0.29) is 18.9 Å². The fourth-order valence-electron chi connectivity index (χ4n) is 3.10. The molecule has 2 aromatic heterocycles. The predicted octanol–water partition coefficient (Wildman–Crippen LogP) is 3.52.